The SMILES string of the molecule is c1cc(OCC2CCOC2)ccc1CNC1CC1. The summed E-state index contributed by atoms with van der Waals surface area (Å²) >= 11 is 0. The molecule has 1 heterocycles. The number of ether oxygens (including phenoxy) is 2. The first-order valence-corrected chi connectivity index (χ1v) is 6.93. The van der Waals surface area contributed by atoms with E-state index in [4.69, 9.17) is 9.47 Å². The predicted molar refractivity (Wildman–Crippen MR) is 70.7 cm³/mol. The zero-order valence-corrected chi connectivity index (χ0v) is 10.7. The Morgan fingerprint density at radius 3 is 2.67 bits per heavy atom. The van der Waals surface area contributed by atoms with Crippen molar-refractivity contribution in [1.82, 2.24) is 5.32 Å². The van der Waals surface area contributed by atoms with Crippen LogP contribution in [0.4, 0.5) is 0 Å². The van der Waals surface area contributed by atoms with E-state index in [0.717, 1.165) is 44.6 Å². The Morgan fingerprint density at radius 2 is 2.00 bits per heavy atom. The molecule has 98 valence electrons. The molecule has 0 aromatic heterocycles. The third-order valence-corrected chi connectivity index (χ3v) is 3.61. The summed E-state index contributed by atoms with van der Waals surface area (Å²) in [7, 11) is 0. The smallest absolute Gasteiger partial charge is 0.119 e. The lowest BCUT2D eigenvalue weighted by Gasteiger charge is -2.11. The standard InChI is InChI=1S/C15H21NO2/c1-5-15(18-11-13-7-8-17-10-13)6-2-12(1)9-16-14-3-4-14/h1-2,5-6,13-14,16H,3-4,7-11H2. The predicted octanol–water partition coefficient (Wildman–Crippen LogP) is 2.35. The summed E-state index contributed by atoms with van der Waals surface area (Å²) in [4.78, 5) is 0. The molecule has 3 rings (SSSR count). The maximum Gasteiger partial charge on any atom is 0.119 e. The molecule has 2 fully saturated rings. The summed E-state index contributed by atoms with van der Waals surface area (Å²) in [6.45, 7) is 3.49. The molecule has 1 aliphatic carbocycles. The van der Waals surface area contributed by atoms with Gasteiger partial charge in [0.1, 0.15) is 5.75 Å². The molecule has 1 atom stereocenters. The van der Waals surface area contributed by atoms with Crippen LogP contribution < -0.4 is 10.1 Å². The van der Waals surface area contributed by atoms with Crippen LogP contribution in [0.1, 0.15) is 24.8 Å². The molecular formula is C15H21NO2. The molecule has 0 bridgehead atoms. The maximum atomic E-state index is 5.78. The molecule has 0 spiro atoms. The molecule has 3 nitrogen and oxygen atoms in total. The third kappa shape index (κ3) is 3.47. The van der Waals surface area contributed by atoms with Gasteiger partial charge in [-0.15, -0.1) is 0 Å². The van der Waals surface area contributed by atoms with Gasteiger partial charge in [0.05, 0.1) is 13.2 Å². The molecule has 1 N–H and O–H groups in total. The van der Waals surface area contributed by atoms with Crippen LogP contribution in [-0.4, -0.2) is 25.9 Å². The first kappa shape index (κ1) is 12.0. The average Bonchev–Trinajstić information content (AvgIpc) is 3.09. The number of nitrogens with one attached hydrogen (secondary N) is 1. The number of hydrogen-bond acceptors (Lipinski definition) is 3. The van der Waals surface area contributed by atoms with Gasteiger partial charge in [-0.05, 0) is 37.0 Å². The molecule has 1 aromatic rings. The summed E-state index contributed by atoms with van der Waals surface area (Å²) in [6, 6.07) is 9.20. The van der Waals surface area contributed by atoms with Gasteiger partial charge in [0.2, 0.25) is 0 Å². The van der Waals surface area contributed by atoms with Crippen LogP contribution in [0.5, 0.6) is 5.75 Å². The lowest BCUT2D eigenvalue weighted by atomic mass is 10.1. The van der Waals surface area contributed by atoms with E-state index >= 15 is 0 Å². The fraction of sp³-hybridized carbons (Fsp3) is 0.600. The Kier molecular flexibility index (Phi) is 3.81. The highest BCUT2D eigenvalue weighted by Crippen LogP contribution is 2.20. The quantitative estimate of drug-likeness (QED) is 0.837. The van der Waals surface area contributed by atoms with Gasteiger partial charge >= 0.3 is 0 Å². The van der Waals surface area contributed by atoms with Gasteiger partial charge in [-0.2, -0.15) is 0 Å². The van der Waals surface area contributed by atoms with Crippen molar-refractivity contribution in [2.45, 2.75) is 31.8 Å². The summed E-state index contributed by atoms with van der Waals surface area (Å²) in [5.74, 6) is 1.54. The number of benzene rings is 1. The van der Waals surface area contributed by atoms with Crippen LogP contribution in [0.15, 0.2) is 24.3 Å². The molecule has 18 heavy (non-hydrogen) atoms. The molecule has 2 aliphatic rings. The Bertz CT molecular complexity index is 367. The van der Waals surface area contributed by atoms with Crippen molar-refractivity contribution < 1.29 is 9.47 Å². The highest BCUT2D eigenvalue weighted by atomic mass is 16.5. The highest BCUT2D eigenvalue weighted by molar-refractivity contribution is 5.27. The molecule has 1 aliphatic heterocycles. The van der Waals surface area contributed by atoms with Gasteiger partial charge in [-0.1, -0.05) is 12.1 Å². The second-order valence-corrected chi connectivity index (χ2v) is 5.34. The molecule has 1 saturated carbocycles. The van der Waals surface area contributed by atoms with Crippen LogP contribution in [0.3, 0.4) is 0 Å². The van der Waals surface area contributed by atoms with Crippen molar-refractivity contribution in [3.8, 4) is 5.75 Å². The van der Waals surface area contributed by atoms with Crippen molar-refractivity contribution >= 4 is 0 Å². The maximum absolute atomic E-state index is 5.78. The minimum atomic E-state index is 0.571. The van der Waals surface area contributed by atoms with Gasteiger partial charge in [-0.25, -0.2) is 0 Å². The summed E-state index contributed by atoms with van der Waals surface area (Å²) in [5.41, 5.74) is 1.33. The average molecular weight is 247 g/mol. The van der Waals surface area contributed by atoms with E-state index in [9.17, 15) is 0 Å². The van der Waals surface area contributed by atoms with Gasteiger partial charge in [-0.3, -0.25) is 0 Å². The van der Waals surface area contributed by atoms with Gasteiger partial charge in [0.15, 0.2) is 0 Å². The minimum Gasteiger partial charge on any atom is -0.493 e. The first-order chi connectivity index (χ1) is 8.90. The molecule has 3 heteroatoms. The van der Waals surface area contributed by atoms with Crippen LogP contribution in [0.25, 0.3) is 0 Å². The molecule has 1 aromatic carbocycles. The van der Waals surface area contributed by atoms with Crippen molar-refractivity contribution in [2.75, 3.05) is 19.8 Å². The van der Waals surface area contributed by atoms with Crippen molar-refractivity contribution in [1.29, 1.82) is 0 Å². The number of hydrogen-bond donors (Lipinski definition) is 1. The fourth-order valence-corrected chi connectivity index (χ4v) is 2.18. The van der Waals surface area contributed by atoms with E-state index < -0.39 is 0 Å². The highest BCUT2D eigenvalue weighted by Gasteiger charge is 2.19. The topological polar surface area (TPSA) is 30.5 Å². The third-order valence-electron chi connectivity index (χ3n) is 3.61. The summed E-state index contributed by atoms with van der Waals surface area (Å²) in [5, 5.41) is 3.51. The van der Waals surface area contributed by atoms with Crippen molar-refractivity contribution in [2.24, 2.45) is 5.92 Å². The van der Waals surface area contributed by atoms with E-state index in [1.54, 1.807) is 0 Å². The monoisotopic (exact) mass is 247 g/mol. The molecular weight excluding hydrogens is 226 g/mol. The minimum absolute atomic E-state index is 0.571. The fourth-order valence-electron chi connectivity index (χ4n) is 2.18. The van der Waals surface area contributed by atoms with Gasteiger partial charge in [0.25, 0.3) is 0 Å². The molecule has 1 unspecified atom stereocenters. The zero-order valence-electron chi connectivity index (χ0n) is 10.7. The van der Waals surface area contributed by atoms with E-state index in [-0.39, 0.29) is 0 Å². The van der Waals surface area contributed by atoms with E-state index in [1.165, 1.54) is 18.4 Å². The van der Waals surface area contributed by atoms with Crippen LogP contribution >= 0.6 is 0 Å². The summed E-state index contributed by atoms with van der Waals surface area (Å²) < 4.78 is 11.1. The normalized spacial score (nSPS) is 23.2. The van der Waals surface area contributed by atoms with Crippen LogP contribution in [0.2, 0.25) is 0 Å². The second kappa shape index (κ2) is 5.72. The van der Waals surface area contributed by atoms with Crippen LogP contribution in [0, 0.1) is 5.92 Å². The first-order valence-electron chi connectivity index (χ1n) is 6.93. The van der Waals surface area contributed by atoms with Gasteiger partial charge in [0, 0.05) is 25.1 Å². The second-order valence-electron chi connectivity index (χ2n) is 5.34. The van der Waals surface area contributed by atoms with E-state index in [1.807, 2.05) is 0 Å². The largest absolute Gasteiger partial charge is 0.493 e. The summed E-state index contributed by atoms with van der Waals surface area (Å²) in [6.07, 6.45) is 3.80. The molecule has 1 saturated heterocycles. The Hall–Kier alpha value is -1.06. The lowest BCUT2D eigenvalue weighted by Crippen LogP contribution is -2.15. The van der Waals surface area contributed by atoms with Crippen LogP contribution in [-0.2, 0) is 11.3 Å². The molecule has 0 amide bonds. The zero-order chi connectivity index (χ0) is 12.2. The Balaban J connectivity index is 1.44. The Labute approximate surface area is 108 Å². The van der Waals surface area contributed by atoms with Crippen molar-refractivity contribution in [3.63, 3.8) is 0 Å². The van der Waals surface area contributed by atoms with Crippen molar-refractivity contribution in [3.05, 3.63) is 29.8 Å². The van der Waals surface area contributed by atoms with Gasteiger partial charge < -0.3 is 14.8 Å². The van der Waals surface area contributed by atoms with E-state index in [2.05, 4.69) is 29.6 Å². The lowest BCUT2D eigenvalue weighted by molar-refractivity contribution is 0.167. The number of rotatable bonds is 6. The Morgan fingerprint density at radius 1 is 1.17 bits per heavy atom. The van der Waals surface area contributed by atoms with E-state index in [0.29, 0.717) is 5.92 Å². The molecule has 0 radical (unpaired) electrons.